The van der Waals surface area contributed by atoms with Crippen molar-refractivity contribution in [2.45, 2.75) is 51.4 Å². The van der Waals surface area contributed by atoms with Crippen LogP contribution in [0.1, 0.15) is 51.4 Å². The Kier molecular flexibility index (Phi) is 14.8. The van der Waals surface area contributed by atoms with Gasteiger partial charge in [0.05, 0.1) is 0 Å². The first kappa shape index (κ1) is 17.9. The van der Waals surface area contributed by atoms with Crippen LogP contribution in [0.5, 0.6) is 0 Å². The topological polar surface area (TPSA) is 21.7 Å². The Hall–Kier alpha value is -0.120. The van der Waals surface area contributed by atoms with Crippen LogP contribution in [0.15, 0.2) is 0 Å². The van der Waals surface area contributed by atoms with Gasteiger partial charge in [0.25, 0.3) is 0 Å². The Morgan fingerprint density at radius 1 is 0.667 bits per heavy atom. The Labute approximate surface area is 114 Å². The van der Waals surface area contributed by atoms with E-state index in [2.05, 4.69) is 19.0 Å². The third-order valence-electron chi connectivity index (χ3n) is 3.03. The number of hydrogen-bond donors (Lipinski definition) is 0. The van der Waals surface area contributed by atoms with Gasteiger partial charge in [0.15, 0.2) is 0 Å². The van der Waals surface area contributed by atoms with Gasteiger partial charge in [0.2, 0.25) is 0 Å². The second kappa shape index (κ2) is 14.9. The van der Waals surface area contributed by atoms with Gasteiger partial charge < -0.3 is 14.4 Å². The zero-order chi connectivity index (χ0) is 13.5. The van der Waals surface area contributed by atoms with E-state index in [1.165, 1.54) is 44.9 Å². The smallest absolute Gasteiger partial charge is 0.0478 e. The highest BCUT2D eigenvalue weighted by Gasteiger charge is 1.94. The SMILES string of the molecule is COCCCCCCCCCOCCCN(C)C. The predicted octanol–water partition coefficient (Wildman–Crippen LogP) is 3.33. The molecule has 0 fully saturated rings. The van der Waals surface area contributed by atoms with Gasteiger partial charge in [-0.25, -0.2) is 0 Å². The maximum atomic E-state index is 5.60. The summed E-state index contributed by atoms with van der Waals surface area (Å²) < 4.78 is 10.6. The van der Waals surface area contributed by atoms with Crippen molar-refractivity contribution in [1.29, 1.82) is 0 Å². The molecule has 3 nitrogen and oxygen atoms in total. The first-order valence-corrected chi connectivity index (χ1v) is 7.48. The molecule has 0 radical (unpaired) electrons. The van der Waals surface area contributed by atoms with E-state index in [-0.39, 0.29) is 0 Å². The Bertz CT molecular complexity index is 151. The van der Waals surface area contributed by atoms with E-state index < -0.39 is 0 Å². The van der Waals surface area contributed by atoms with Gasteiger partial charge in [-0.2, -0.15) is 0 Å². The van der Waals surface area contributed by atoms with Crippen molar-refractivity contribution in [2.75, 3.05) is 47.6 Å². The fraction of sp³-hybridized carbons (Fsp3) is 1.00. The minimum Gasteiger partial charge on any atom is -0.385 e. The molecule has 0 amide bonds. The summed E-state index contributed by atoms with van der Waals surface area (Å²) in [6.07, 6.45) is 10.3. The van der Waals surface area contributed by atoms with Crippen LogP contribution >= 0.6 is 0 Å². The second-order valence-corrected chi connectivity index (χ2v) is 5.24. The zero-order valence-corrected chi connectivity index (χ0v) is 12.7. The minimum absolute atomic E-state index is 0.912. The molecule has 0 saturated carbocycles. The molecule has 0 N–H and O–H groups in total. The average molecular weight is 259 g/mol. The molecule has 0 bridgehead atoms. The van der Waals surface area contributed by atoms with Gasteiger partial charge >= 0.3 is 0 Å². The maximum absolute atomic E-state index is 5.60. The summed E-state index contributed by atoms with van der Waals surface area (Å²) in [5.41, 5.74) is 0. The monoisotopic (exact) mass is 259 g/mol. The Balaban J connectivity index is 2.90. The summed E-state index contributed by atoms with van der Waals surface area (Å²) in [6, 6.07) is 0. The highest BCUT2D eigenvalue weighted by molar-refractivity contribution is 4.47. The zero-order valence-electron chi connectivity index (χ0n) is 12.7. The van der Waals surface area contributed by atoms with Crippen LogP contribution in [-0.2, 0) is 9.47 Å². The van der Waals surface area contributed by atoms with E-state index in [0.29, 0.717) is 0 Å². The fourth-order valence-electron chi connectivity index (χ4n) is 1.92. The highest BCUT2D eigenvalue weighted by Crippen LogP contribution is 2.07. The van der Waals surface area contributed by atoms with E-state index >= 15 is 0 Å². The third-order valence-corrected chi connectivity index (χ3v) is 3.03. The molecule has 0 aromatic rings. The number of methoxy groups -OCH3 is 1. The van der Waals surface area contributed by atoms with E-state index in [1.54, 1.807) is 7.11 Å². The normalized spacial score (nSPS) is 11.3. The molecular weight excluding hydrogens is 226 g/mol. The highest BCUT2D eigenvalue weighted by atomic mass is 16.5. The summed E-state index contributed by atoms with van der Waals surface area (Å²) in [5.74, 6) is 0. The first-order chi connectivity index (χ1) is 8.77. The van der Waals surface area contributed by atoms with Crippen molar-refractivity contribution in [2.24, 2.45) is 0 Å². The lowest BCUT2D eigenvalue weighted by Crippen LogP contribution is -2.14. The molecule has 0 atom stereocenters. The van der Waals surface area contributed by atoms with Gasteiger partial charge in [-0.05, 0) is 39.9 Å². The molecule has 0 heterocycles. The molecule has 110 valence electrons. The first-order valence-electron chi connectivity index (χ1n) is 7.48. The molecule has 0 aromatic heterocycles. The lowest BCUT2D eigenvalue weighted by Gasteiger charge is -2.09. The lowest BCUT2D eigenvalue weighted by molar-refractivity contribution is 0.122. The van der Waals surface area contributed by atoms with Crippen molar-refractivity contribution in [3.05, 3.63) is 0 Å². The van der Waals surface area contributed by atoms with Crippen LogP contribution in [0.4, 0.5) is 0 Å². The van der Waals surface area contributed by atoms with Crippen molar-refractivity contribution in [3.8, 4) is 0 Å². The Morgan fingerprint density at radius 2 is 1.17 bits per heavy atom. The van der Waals surface area contributed by atoms with Gasteiger partial charge in [0.1, 0.15) is 0 Å². The molecule has 0 aromatic carbocycles. The van der Waals surface area contributed by atoms with E-state index in [1.807, 2.05) is 0 Å². The minimum atomic E-state index is 0.912. The molecular formula is C15H33NO2. The molecule has 0 aliphatic carbocycles. The second-order valence-electron chi connectivity index (χ2n) is 5.24. The van der Waals surface area contributed by atoms with Crippen molar-refractivity contribution < 1.29 is 9.47 Å². The van der Waals surface area contributed by atoms with Gasteiger partial charge in [0, 0.05) is 26.9 Å². The van der Waals surface area contributed by atoms with E-state index in [9.17, 15) is 0 Å². The van der Waals surface area contributed by atoms with Crippen LogP contribution < -0.4 is 0 Å². The van der Waals surface area contributed by atoms with Crippen LogP contribution in [0.2, 0.25) is 0 Å². The van der Waals surface area contributed by atoms with Gasteiger partial charge in [-0.3, -0.25) is 0 Å². The molecule has 0 spiro atoms. The van der Waals surface area contributed by atoms with Crippen LogP contribution in [-0.4, -0.2) is 52.5 Å². The maximum Gasteiger partial charge on any atom is 0.0478 e. The summed E-state index contributed by atoms with van der Waals surface area (Å²) >= 11 is 0. The quantitative estimate of drug-likeness (QED) is 0.447. The van der Waals surface area contributed by atoms with Crippen molar-refractivity contribution in [1.82, 2.24) is 4.90 Å². The average Bonchev–Trinajstić information content (AvgIpc) is 2.34. The third kappa shape index (κ3) is 15.9. The van der Waals surface area contributed by atoms with Crippen molar-refractivity contribution in [3.63, 3.8) is 0 Å². The number of hydrogen-bond acceptors (Lipinski definition) is 3. The predicted molar refractivity (Wildman–Crippen MR) is 78.2 cm³/mol. The van der Waals surface area contributed by atoms with Crippen LogP contribution in [0, 0.1) is 0 Å². The molecule has 0 aliphatic heterocycles. The molecule has 3 heteroatoms. The molecule has 0 saturated heterocycles. The number of ether oxygens (including phenoxy) is 2. The van der Waals surface area contributed by atoms with Crippen LogP contribution in [0.25, 0.3) is 0 Å². The number of nitrogens with zero attached hydrogens (tertiary/aromatic N) is 1. The summed E-state index contributed by atoms with van der Waals surface area (Å²) in [5, 5.41) is 0. The molecule has 0 rings (SSSR count). The number of unbranched alkanes of at least 4 members (excludes halogenated alkanes) is 6. The van der Waals surface area contributed by atoms with Crippen LogP contribution in [0.3, 0.4) is 0 Å². The molecule has 0 unspecified atom stereocenters. The van der Waals surface area contributed by atoms with Gasteiger partial charge in [-0.15, -0.1) is 0 Å². The lowest BCUT2D eigenvalue weighted by atomic mass is 10.1. The van der Waals surface area contributed by atoms with E-state index in [0.717, 1.165) is 32.8 Å². The summed E-state index contributed by atoms with van der Waals surface area (Å²) in [6.45, 7) is 3.90. The number of rotatable bonds is 14. The largest absolute Gasteiger partial charge is 0.385 e. The summed E-state index contributed by atoms with van der Waals surface area (Å²) in [7, 11) is 5.98. The molecule has 0 aliphatic rings. The van der Waals surface area contributed by atoms with Gasteiger partial charge in [-0.1, -0.05) is 32.1 Å². The van der Waals surface area contributed by atoms with E-state index in [4.69, 9.17) is 9.47 Å². The standard InChI is InChI=1S/C15H33NO2/c1-16(2)12-11-15-18-14-10-8-6-4-5-7-9-13-17-3/h4-15H2,1-3H3. The fourth-order valence-corrected chi connectivity index (χ4v) is 1.92. The van der Waals surface area contributed by atoms with Crippen molar-refractivity contribution >= 4 is 0 Å². The summed E-state index contributed by atoms with van der Waals surface area (Å²) in [4.78, 5) is 2.20. The Morgan fingerprint density at radius 3 is 1.72 bits per heavy atom. The molecule has 18 heavy (non-hydrogen) atoms.